The van der Waals surface area contributed by atoms with Gasteiger partial charge in [-0.25, -0.2) is 6.57 Å². The van der Waals surface area contributed by atoms with Gasteiger partial charge in [0.05, 0.1) is 28.4 Å². The van der Waals surface area contributed by atoms with Gasteiger partial charge in [-0.3, -0.25) is 0 Å². The zero-order chi connectivity index (χ0) is 26.9. The molecule has 1 unspecified atom stereocenters. The molecule has 2 aromatic carbocycles. The van der Waals surface area contributed by atoms with Gasteiger partial charge >= 0.3 is 0 Å². The van der Waals surface area contributed by atoms with Gasteiger partial charge in [0.25, 0.3) is 5.54 Å². The third kappa shape index (κ3) is 6.33. The molecule has 2 aromatic rings. The van der Waals surface area contributed by atoms with Crippen LogP contribution in [0.4, 0.5) is 0 Å². The van der Waals surface area contributed by atoms with Crippen LogP contribution in [0.25, 0.3) is 4.85 Å². The Morgan fingerprint density at radius 3 is 2.06 bits per heavy atom. The van der Waals surface area contributed by atoms with Gasteiger partial charge in [-0.05, 0) is 62.3 Å². The molecular weight excluding hydrogens is 416 g/mol. The second-order valence-electron chi connectivity index (χ2n) is 8.29. The fourth-order valence-corrected chi connectivity index (χ4v) is 4.07. The van der Waals surface area contributed by atoms with Gasteiger partial charge in [0.2, 0.25) is 0 Å². The Morgan fingerprint density at radius 1 is 0.909 bits per heavy atom. The molecule has 0 N–H and O–H groups in total. The predicted octanol–water partition coefficient (Wildman–Crippen LogP) is 5.45. The molecule has 0 amide bonds. The minimum absolute atomic E-state index is 0.0149. The molecule has 0 aliphatic carbocycles. The SMILES string of the molecule is [2H]C([2H])([2H])N(CCCC([N+]#[C-])(c1ccc(OC)c(OC)c1)C(C)C)CCc1ccc(OC)c(OC)c1. The molecule has 0 saturated carbocycles. The van der Waals surface area contributed by atoms with E-state index in [-0.39, 0.29) is 5.92 Å². The quantitative estimate of drug-likeness (QED) is 0.375. The van der Waals surface area contributed by atoms with E-state index in [4.69, 9.17) is 29.6 Å². The van der Waals surface area contributed by atoms with Crippen LogP contribution < -0.4 is 18.9 Å². The number of likely N-dealkylation sites (N-methyl/N-ethyl adjacent to an activating group) is 1. The summed E-state index contributed by atoms with van der Waals surface area (Å²) in [7, 11) is 6.31. The number of ether oxygens (including phenoxy) is 4. The maximum atomic E-state index is 8.08. The largest absolute Gasteiger partial charge is 0.493 e. The van der Waals surface area contributed by atoms with Crippen LogP contribution in [-0.4, -0.2) is 53.4 Å². The summed E-state index contributed by atoms with van der Waals surface area (Å²) in [5.41, 5.74) is 1.00. The van der Waals surface area contributed by atoms with Crippen LogP contribution in [0.15, 0.2) is 36.4 Å². The van der Waals surface area contributed by atoms with Crippen molar-refractivity contribution < 1.29 is 23.1 Å². The van der Waals surface area contributed by atoms with E-state index in [0.717, 1.165) is 11.1 Å². The fraction of sp³-hybridized carbons (Fsp3) is 0.519. The summed E-state index contributed by atoms with van der Waals surface area (Å²) in [6.07, 6.45) is 1.62. The van der Waals surface area contributed by atoms with Gasteiger partial charge < -0.3 is 28.7 Å². The average molecular weight is 458 g/mol. The van der Waals surface area contributed by atoms with Crippen LogP contribution in [0.2, 0.25) is 0 Å². The number of methoxy groups -OCH3 is 4. The second kappa shape index (κ2) is 12.4. The summed E-state index contributed by atoms with van der Waals surface area (Å²) >= 11 is 0. The van der Waals surface area contributed by atoms with Crippen molar-refractivity contribution >= 4 is 0 Å². The van der Waals surface area contributed by atoms with Crippen molar-refractivity contribution in [1.29, 1.82) is 0 Å². The fourth-order valence-electron chi connectivity index (χ4n) is 4.07. The van der Waals surface area contributed by atoms with Crippen LogP contribution in [0.1, 0.15) is 41.9 Å². The van der Waals surface area contributed by atoms with Crippen LogP contribution in [0.3, 0.4) is 0 Å². The first-order valence-corrected chi connectivity index (χ1v) is 11.1. The molecule has 6 heteroatoms. The van der Waals surface area contributed by atoms with Crippen molar-refractivity contribution in [3.63, 3.8) is 0 Å². The molecule has 6 nitrogen and oxygen atoms in total. The van der Waals surface area contributed by atoms with Gasteiger partial charge in [-0.15, -0.1) is 0 Å². The van der Waals surface area contributed by atoms with Gasteiger partial charge in [0, 0.05) is 28.6 Å². The van der Waals surface area contributed by atoms with E-state index in [2.05, 4.69) is 4.85 Å². The molecule has 0 aliphatic heterocycles. The lowest BCUT2D eigenvalue weighted by Gasteiger charge is -2.28. The number of nitrogens with zero attached hydrogens (tertiary/aromatic N) is 2. The highest BCUT2D eigenvalue weighted by Crippen LogP contribution is 2.42. The van der Waals surface area contributed by atoms with Crippen LogP contribution in [-0.2, 0) is 12.0 Å². The van der Waals surface area contributed by atoms with E-state index < -0.39 is 12.5 Å². The first-order valence-electron chi connectivity index (χ1n) is 12.6. The zero-order valence-electron chi connectivity index (χ0n) is 23.6. The number of hydrogen-bond donors (Lipinski definition) is 0. The van der Waals surface area contributed by atoms with Crippen LogP contribution >= 0.6 is 0 Å². The minimum Gasteiger partial charge on any atom is -0.493 e. The van der Waals surface area contributed by atoms with Crippen molar-refractivity contribution in [1.82, 2.24) is 4.90 Å². The number of rotatable bonds is 13. The Hall–Kier alpha value is -2.91. The van der Waals surface area contributed by atoms with Crippen molar-refractivity contribution in [2.24, 2.45) is 5.92 Å². The monoisotopic (exact) mass is 457 g/mol. The summed E-state index contributed by atoms with van der Waals surface area (Å²) < 4.78 is 45.6. The van der Waals surface area contributed by atoms with E-state index in [1.165, 1.54) is 4.90 Å². The minimum atomic E-state index is -2.24. The van der Waals surface area contributed by atoms with E-state index >= 15 is 0 Å². The summed E-state index contributed by atoms with van der Waals surface area (Å²) in [4.78, 5) is 5.58. The Kier molecular flexibility index (Phi) is 8.21. The molecular formula is C27H38N2O4. The summed E-state index contributed by atoms with van der Waals surface area (Å²) in [5, 5.41) is 0. The molecule has 0 fully saturated rings. The summed E-state index contributed by atoms with van der Waals surface area (Å²) in [6.45, 7) is 10.6. The third-order valence-electron chi connectivity index (χ3n) is 6.14. The number of hydrogen-bond acceptors (Lipinski definition) is 5. The summed E-state index contributed by atoms with van der Waals surface area (Å²) in [6, 6.07) is 11.2. The highest BCUT2D eigenvalue weighted by Gasteiger charge is 2.42. The van der Waals surface area contributed by atoms with E-state index in [1.54, 1.807) is 28.4 Å². The molecule has 33 heavy (non-hydrogen) atoms. The molecule has 0 aliphatic rings. The Bertz CT molecular complexity index is 1040. The van der Waals surface area contributed by atoms with Crippen molar-refractivity contribution in [2.45, 2.75) is 38.6 Å². The lowest BCUT2D eigenvalue weighted by Crippen LogP contribution is -2.31. The Labute approximate surface area is 203 Å². The lowest BCUT2D eigenvalue weighted by atomic mass is 9.77. The Morgan fingerprint density at radius 2 is 1.52 bits per heavy atom. The second-order valence-corrected chi connectivity index (χ2v) is 8.29. The molecule has 0 radical (unpaired) electrons. The molecule has 0 spiro atoms. The van der Waals surface area contributed by atoms with E-state index in [1.807, 2.05) is 50.2 Å². The molecule has 0 saturated heterocycles. The highest BCUT2D eigenvalue weighted by atomic mass is 16.5. The van der Waals surface area contributed by atoms with E-state index in [0.29, 0.717) is 55.4 Å². The molecule has 180 valence electrons. The van der Waals surface area contributed by atoms with Crippen LogP contribution in [0.5, 0.6) is 23.0 Å². The van der Waals surface area contributed by atoms with Gasteiger partial charge in [0.15, 0.2) is 23.0 Å². The highest BCUT2D eigenvalue weighted by molar-refractivity contribution is 5.46. The normalized spacial score (nSPS) is 14.6. The van der Waals surface area contributed by atoms with Gasteiger partial charge in [0.1, 0.15) is 0 Å². The van der Waals surface area contributed by atoms with E-state index in [9.17, 15) is 0 Å². The van der Waals surface area contributed by atoms with Crippen molar-refractivity contribution in [3.05, 3.63) is 58.9 Å². The van der Waals surface area contributed by atoms with Crippen molar-refractivity contribution in [2.75, 3.05) is 48.5 Å². The van der Waals surface area contributed by atoms with Gasteiger partial charge in [-0.2, -0.15) is 0 Å². The first kappa shape index (κ1) is 21.9. The van der Waals surface area contributed by atoms with Crippen LogP contribution in [0, 0.1) is 12.5 Å². The molecule has 1 atom stereocenters. The lowest BCUT2D eigenvalue weighted by molar-refractivity contribution is 0.287. The maximum Gasteiger partial charge on any atom is 0.259 e. The maximum absolute atomic E-state index is 8.08. The first-order chi connectivity index (χ1) is 17.1. The molecule has 0 aromatic heterocycles. The molecule has 0 heterocycles. The smallest absolute Gasteiger partial charge is 0.259 e. The molecule has 2 rings (SSSR count). The van der Waals surface area contributed by atoms with Gasteiger partial charge in [-0.1, -0.05) is 19.9 Å². The molecule has 0 bridgehead atoms. The van der Waals surface area contributed by atoms with Crippen molar-refractivity contribution in [3.8, 4) is 23.0 Å². The Balaban J connectivity index is 2.18. The number of benzene rings is 2. The predicted molar refractivity (Wildman–Crippen MR) is 133 cm³/mol. The zero-order valence-corrected chi connectivity index (χ0v) is 20.6. The standard InChI is InChI=1S/C27H38N2O4/c1-20(2)27(28-3,22-11-13-24(31-6)26(19-22)33-8)15-9-16-29(4)17-14-21-10-12-23(30-5)25(18-21)32-7/h10-13,18-20H,9,14-17H2,1-2,4-8H3/i4D3. The average Bonchev–Trinajstić information content (AvgIpc) is 2.86. The topological polar surface area (TPSA) is 44.5 Å². The summed E-state index contributed by atoms with van der Waals surface area (Å²) in [5.74, 6) is 2.44. The third-order valence-corrected chi connectivity index (χ3v) is 6.14.